The van der Waals surface area contributed by atoms with E-state index >= 15 is 0 Å². The zero-order chi connectivity index (χ0) is 11.8. The second-order valence-corrected chi connectivity index (χ2v) is 5.56. The third kappa shape index (κ3) is 2.06. The summed E-state index contributed by atoms with van der Waals surface area (Å²) in [7, 11) is 0. The van der Waals surface area contributed by atoms with E-state index in [1.165, 1.54) is 4.88 Å². The van der Waals surface area contributed by atoms with Gasteiger partial charge in [-0.1, -0.05) is 17.7 Å². The Balaban J connectivity index is 1.96. The molecule has 0 aliphatic carbocycles. The molecule has 0 fully saturated rings. The minimum Gasteiger partial charge on any atom is -0.484 e. The molecule has 1 aliphatic rings. The topological polar surface area (TPSA) is 35.2 Å². The molecule has 2 nitrogen and oxygen atoms in total. The molecule has 2 atom stereocenters. The number of rotatable bonds is 1. The number of benzene rings is 1. The molecule has 0 amide bonds. The van der Waals surface area contributed by atoms with E-state index in [0.717, 1.165) is 17.7 Å². The summed E-state index contributed by atoms with van der Waals surface area (Å²) in [5, 5.41) is 2.76. The standard InChI is InChI=1S/C13H12ClNOS/c14-8-3-4-11-9(6-8)10(15)7-12(16-11)13-2-1-5-17-13/h1-6,10,12H,7,15H2/t10-,12?/m0/s1. The number of fused-ring (bicyclic) bond motifs is 1. The van der Waals surface area contributed by atoms with Gasteiger partial charge < -0.3 is 10.5 Å². The van der Waals surface area contributed by atoms with Gasteiger partial charge in [0.05, 0.1) is 0 Å². The van der Waals surface area contributed by atoms with E-state index in [2.05, 4.69) is 11.4 Å². The molecule has 0 radical (unpaired) electrons. The lowest BCUT2D eigenvalue weighted by atomic mass is 9.97. The summed E-state index contributed by atoms with van der Waals surface area (Å²) in [5.74, 6) is 0.853. The van der Waals surface area contributed by atoms with Gasteiger partial charge in [0.25, 0.3) is 0 Å². The van der Waals surface area contributed by atoms with Crippen LogP contribution in [0.25, 0.3) is 0 Å². The van der Waals surface area contributed by atoms with Crippen LogP contribution in [0, 0.1) is 0 Å². The molecule has 0 spiro atoms. The number of halogens is 1. The largest absolute Gasteiger partial charge is 0.484 e. The molecule has 0 saturated carbocycles. The minimum absolute atomic E-state index is 0.00968. The maximum atomic E-state index is 6.18. The number of thiophene rings is 1. The average Bonchev–Trinajstić information content (AvgIpc) is 2.83. The lowest BCUT2D eigenvalue weighted by molar-refractivity contribution is 0.165. The monoisotopic (exact) mass is 265 g/mol. The highest BCUT2D eigenvalue weighted by molar-refractivity contribution is 7.10. The Bertz CT molecular complexity index is 526. The van der Waals surface area contributed by atoms with Crippen LogP contribution in [-0.4, -0.2) is 0 Å². The van der Waals surface area contributed by atoms with Crippen LogP contribution < -0.4 is 10.5 Å². The van der Waals surface area contributed by atoms with Crippen molar-refractivity contribution in [2.24, 2.45) is 5.73 Å². The Morgan fingerprint density at radius 3 is 3.00 bits per heavy atom. The predicted molar refractivity (Wildman–Crippen MR) is 70.7 cm³/mol. The molecule has 0 bridgehead atoms. The van der Waals surface area contributed by atoms with Crippen molar-refractivity contribution in [2.75, 3.05) is 0 Å². The molecule has 88 valence electrons. The van der Waals surface area contributed by atoms with Crippen molar-refractivity contribution in [1.29, 1.82) is 0 Å². The zero-order valence-corrected chi connectivity index (χ0v) is 10.7. The van der Waals surface area contributed by atoms with E-state index in [4.69, 9.17) is 22.1 Å². The summed E-state index contributed by atoms with van der Waals surface area (Å²) < 4.78 is 5.97. The molecule has 4 heteroatoms. The molecule has 3 rings (SSSR count). The van der Waals surface area contributed by atoms with Crippen molar-refractivity contribution in [3.8, 4) is 5.75 Å². The maximum Gasteiger partial charge on any atom is 0.135 e. The fourth-order valence-corrected chi connectivity index (χ4v) is 3.07. The van der Waals surface area contributed by atoms with Gasteiger partial charge in [-0.15, -0.1) is 11.3 Å². The zero-order valence-electron chi connectivity index (χ0n) is 9.10. The van der Waals surface area contributed by atoms with Gasteiger partial charge in [0, 0.05) is 27.9 Å². The van der Waals surface area contributed by atoms with Gasteiger partial charge in [-0.05, 0) is 29.6 Å². The Morgan fingerprint density at radius 2 is 2.24 bits per heavy atom. The maximum absolute atomic E-state index is 6.18. The summed E-state index contributed by atoms with van der Waals surface area (Å²) in [4.78, 5) is 1.22. The van der Waals surface area contributed by atoms with E-state index in [-0.39, 0.29) is 12.1 Å². The molecular formula is C13H12ClNOS. The Kier molecular flexibility index (Phi) is 2.82. The van der Waals surface area contributed by atoms with E-state index in [1.807, 2.05) is 24.3 Å². The third-order valence-electron chi connectivity index (χ3n) is 2.97. The smallest absolute Gasteiger partial charge is 0.135 e. The highest BCUT2D eigenvalue weighted by Gasteiger charge is 2.27. The quantitative estimate of drug-likeness (QED) is 0.848. The molecule has 1 aromatic carbocycles. The third-order valence-corrected chi connectivity index (χ3v) is 4.17. The summed E-state index contributed by atoms with van der Waals surface area (Å²) in [6.07, 6.45) is 0.868. The van der Waals surface area contributed by atoms with Crippen molar-refractivity contribution in [3.63, 3.8) is 0 Å². The number of hydrogen-bond acceptors (Lipinski definition) is 3. The summed E-state index contributed by atoms with van der Waals surface area (Å²) in [6.45, 7) is 0. The molecule has 1 aliphatic heterocycles. The fraction of sp³-hybridized carbons (Fsp3) is 0.231. The van der Waals surface area contributed by atoms with Gasteiger partial charge in [-0.3, -0.25) is 0 Å². The van der Waals surface area contributed by atoms with Crippen molar-refractivity contribution in [3.05, 3.63) is 51.2 Å². The summed E-state index contributed by atoms with van der Waals surface area (Å²) >= 11 is 7.67. The number of nitrogens with two attached hydrogens (primary N) is 1. The number of hydrogen-bond donors (Lipinski definition) is 1. The second kappa shape index (κ2) is 4.33. The molecule has 2 aromatic rings. The van der Waals surface area contributed by atoms with Crippen LogP contribution in [0.4, 0.5) is 0 Å². The van der Waals surface area contributed by atoms with Crippen molar-refractivity contribution < 1.29 is 4.74 Å². The van der Waals surface area contributed by atoms with E-state index in [9.17, 15) is 0 Å². The Hall–Kier alpha value is -1.03. The van der Waals surface area contributed by atoms with Crippen molar-refractivity contribution >= 4 is 22.9 Å². The highest BCUT2D eigenvalue weighted by Crippen LogP contribution is 2.41. The van der Waals surface area contributed by atoms with Gasteiger partial charge >= 0.3 is 0 Å². The fourth-order valence-electron chi connectivity index (χ4n) is 2.12. The van der Waals surface area contributed by atoms with Crippen LogP contribution in [0.15, 0.2) is 35.7 Å². The normalized spacial score (nSPS) is 22.9. The molecule has 1 aromatic heterocycles. The lowest BCUT2D eigenvalue weighted by Gasteiger charge is -2.29. The Labute approximate surface area is 109 Å². The molecule has 1 unspecified atom stereocenters. The first-order chi connectivity index (χ1) is 8.24. The molecule has 2 N–H and O–H groups in total. The molecular weight excluding hydrogens is 254 g/mol. The van der Waals surface area contributed by atoms with Gasteiger partial charge in [0.15, 0.2) is 0 Å². The highest BCUT2D eigenvalue weighted by atomic mass is 35.5. The molecule has 2 heterocycles. The lowest BCUT2D eigenvalue weighted by Crippen LogP contribution is -2.23. The van der Waals surface area contributed by atoms with Crippen molar-refractivity contribution in [2.45, 2.75) is 18.6 Å². The van der Waals surface area contributed by atoms with Crippen LogP contribution in [0.3, 0.4) is 0 Å². The van der Waals surface area contributed by atoms with Gasteiger partial charge in [0.1, 0.15) is 11.9 Å². The van der Waals surface area contributed by atoms with Gasteiger partial charge in [-0.25, -0.2) is 0 Å². The van der Waals surface area contributed by atoms with Gasteiger partial charge in [0.2, 0.25) is 0 Å². The molecule has 17 heavy (non-hydrogen) atoms. The van der Waals surface area contributed by atoms with Crippen LogP contribution in [0.5, 0.6) is 5.75 Å². The van der Waals surface area contributed by atoms with Crippen LogP contribution in [0.1, 0.15) is 29.0 Å². The first kappa shape index (κ1) is 11.1. The predicted octanol–water partition coefficient (Wildman–Crippen LogP) is 3.93. The Morgan fingerprint density at radius 1 is 1.35 bits per heavy atom. The van der Waals surface area contributed by atoms with Crippen LogP contribution in [-0.2, 0) is 0 Å². The summed E-state index contributed by atoms with van der Waals surface area (Å²) in [6, 6.07) is 9.74. The SMILES string of the molecule is N[C@H]1CC(c2cccs2)Oc2ccc(Cl)cc21. The number of ether oxygens (including phenoxy) is 1. The van der Waals surface area contributed by atoms with E-state index in [1.54, 1.807) is 11.3 Å². The molecule has 0 saturated heterocycles. The van der Waals surface area contributed by atoms with E-state index in [0.29, 0.717) is 5.02 Å². The van der Waals surface area contributed by atoms with Crippen LogP contribution in [0.2, 0.25) is 5.02 Å². The first-order valence-electron chi connectivity index (χ1n) is 5.49. The van der Waals surface area contributed by atoms with E-state index < -0.39 is 0 Å². The summed E-state index contributed by atoms with van der Waals surface area (Å²) in [5.41, 5.74) is 7.18. The minimum atomic E-state index is -0.00968. The average molecular weight is 266 g/mol. The van der Waals surface area contributed by atoms with Crippen molar-refractivity contribution in [1.82, 2.24) is 0 Å². The van der Waals surface area contributed by atoms with Gasteiger partial charge in [-0.2, -0.15) is 0 Å². The second-order valence-electron chi connectivity index (χ2n) is 4.15. The van der Waals surface area contributed by atoms with Crippen LogP contribution >= 0.6 is 22.9 Å². The first-order valence-corrected chi connectivity index (χ1v) is 6.75.